The third-order valence-corrected chi connectivity index (χ3v) is 3.20. The Morgan fingerprint density at radius 1 is 1.29 bits per heavy atom. The third kappa shape index (κ3) is 3.77. The van der Waals surface area contributed by atoms with E-state index in [4.69, 9.17) is 0 Å². The molecule has 94 valence electrons. The molecule has 0 aliphatic rings. The Hall–Kier alpha value is -1.51. The zero-order valence-corrected chi connectivity index (χ0v) is 11.0. The molecule has 0 amide bonds. The molecular weight excluding hydrogens is 214 g/mol. The first-order valence-electron chi connectivity index (χ1n) is 6.03. The number of anilines is 1. The lowest BCUT2D eigenvalue weighted by Crippen LogP contribution is -2.23. The first-order chi connectivity index (χ1) is 8.08. The van der Waals surface area contributed by atoms with Gasteiger partial charge in [0.1, 0.15) is 0 Å². The van der Waals surface area contributed by atoms with Crippen molar-refractivity contribution in [2.45, 2.75) is 33.2 Å². The van der Waals surface area contributed by atoms with E-state index in [0.29, 0.717) is 17.5 Å². The van der Waals surface area contributed by atoms with Crippen LogP contribution in [-0.2, 0) is 4.74 Å². The van der Waals surface area contributed by atoms with Crippen LogP contribution in [0.1, 0.15) is 37.6 Å². The molecule has 17 heavy (non-hydrogen) atoms. The van der Waals surface area contributed by atoms with Crippen LogP contribution in [0.2, 0.25) is 0 Å². The number of hydrogen-bond donors (Lipinski definition) is 1. The lowest BCUT2D eigenvalue weighted by Gasteiger charge is -2.21. The van der Waals surface area contributed by atoms with Crippen LogP contribution in [-0.4, -0.2) is 19.1 Å². The van der Waals surface area contributed by atoms with Crippen molar-refractivity contribution in [3.63, 3.8) is 0 Å². The number of carbonyl (C=O) groups is 1. The molecule has 3 heteroatoms. The average Bonchev–Trinajstić information content (AvgIpc) is 2.37. The first kappa shape index (κ1) is 13.6. The van der Waals surface area contributed by atoms with Gasteiger partial charge in [-0.05, 0) is 37.1 Å². The van der Waals surface area contributed by atoms with Crippen LogP contribution in [0.4, 0.5) is 5.69 Å². The third-order valence-electron chi connectivity index (χ3n) is 3.20. The number of methoxy groups -OCH3 is 1. The number of benzene rings is 1. The number of nitrogens with one attached hydrogen (secondary N) is 1. The van der Waals surface area contributed by atoms with Gasteiger partial charge >= 0.3 is 5.97 Å². The molecule has 0 aliphatic heterocycles. The second-order valence-electron chi connectivity index (χ2n) is 4.39. The zero-order valence-electron chi connectivity index (χ0n) is 11.0. The highest BCUT2D eigenvalue weighted by Crippen LogP contribution is 2.16. The van der Waals surface area contributed by atoms with Gasteiger partial charge in [-0.2, -0.15) is 0 Å². The lowest BCUT2D eigenvalue weighted by atomic mass is 10.0. The van der Waals surface area contributed by atoms with Crippen LogP contribution < -0.4 is 5.32 Å². The summed E-state index contributed by atoms with van der Waals surface area (Å²) >= 11 is 0. The topological polar surface area (TPSA) is 38.3 Å². The Labute approximate surface area is 103 Å². The van der Waals surface area contributed by atoms with E-state index in [0.717, 1.165) is 12.1 Å². The van der Waals surface area contributed by atoms with E-state index in [1.165, 1.54) is 7.11 Å². The number of carbonyl (C=O) groups excluding carboxylic acids is 1. The van der Waals surface area contributed by atoms with Crippen molar-refractivity contribution in [1.82, 2.24) is 0 Å². The molecule has 0 bridgehead atoms. The van der Waals surface area contributed by atoms with E-state index < -0.39 is 0 Å². The molecule has 0 saturated carbocycles. The molecular formula is C14H21NO2. The fourth-order valence-corrected chi connectivity index (χ4v) is 1.58. The van der Waals surface area contributed by atoms with Crippen molar-refractivity contribution in [3.8, 4) is 0 Å². The van der Waals surface area contributed by atoms with E-state index in [1.54, 1.807) is 12.1 Å². The van der Waals surface area contributed by atoms with Crippen molar-refractivity contribution in [1.29, 1.82) is 0 Å². The minimum atomic E-state index is -0.300. The van der Waals surface area contributed by atoms with Crippen LogP contribution >= 0.6 is 0 Å². The van der Waals surface area contributed by atoms with Crippen molar-refractivity contribution in [2.24, 2.45) is 5.92 Å². The number of rotatable bonds is 5. The Balaban J connectivity index is 2.65. The Morgan fingerprint density at radius 2 is 1.88 bits per heavy atom. The highest BCUT2D eigenvalue weighted by atomic mass is 16.5. The van der Waals surface area contributed by atoms with Crippen LogP contribution in [0.15, 0.2) is 24.3 Å². The van der Waals surface area contributed by atoms with Crippen molar-refractivity contribution in [2.75, 3.05) is 12.4 Å². The van der Waals surface area contributed by atoms with Crippen molar-refractivity contribution in [3.05, 3.63) is 29.8 Å². The Morgan fingerprint density at radius 3 is 2.35 bits per heavy atom. The minimum Gasteiger partial charge on any atom is -0.465 e. The maximum Gasteiger partial charge on any atom is 0.337 e. The molecule has 0 aliphatic carbocycles. The zero-order chi connectivity index (χ0) is 12.8. The predicted octanol–water partition coefficient (Wildman–Crippen LogP) is 3.32. The number of esters is 1. The summed E-state index contributed by atoms with van der Waals surface area (Å²) in [6.07, 6.45) is 1.15. The summed E-state index contributed by atoms with van der Waals surface area (Å²) in [6, 6.07) is 7.79. The molecule has 0 radical (unpaired) electrons. The van der Waals surface area contributed by atoms with Gasteiger partial charge in [-0.3, -0.25) is 0 Å². The Bertz CT molecular complexity index is 359. The van der Waals surface area contributed by atoms with Crippen molar-refractivity contribution < 1.29 is 9.53 Å². The highest BCUT2D eigenvalue weighted by molar-refractivity contribution is 5.89. The second-order valence-corrected chi connectivity index (χ2v) is 4.39. The van der Waals surface area contributed by atoms with E-state index in [9.17, 15) is 4.79 Å². The van der Waals surface area contributed by atoms with E-state index >= 15 is 0 Å². The van der Waals surface area contributed by atoms with E-state index in [1.807, 2.05) is 12.1 Å². The van der Waals surface area contributed by atoms with Crippen LogP contribution in [0.3, 0.4) is 0 Å². The van der Waals surface area contributed by atoms with Gasteiger partial charge in [0.15, 0.2) is 0 Å². The average molecular weight is 235 g/mol. The molecule has 0 spiro atoms. The molecule has 3 nitrogen and oxygen atoms in total. The summed E-state index contributed by atoms with van der Waals surface area (Å²) in [5, 5.41) is 3.42. The molecule has 0 saturated heterocycles. The number of ether oxygens (including phenoxy) is 1. The molecule has 2 atom stereocenters. The summed E-state index contributed by atoms with van der Waals surface area (Å²) in [6.45, 7) is 6.58. The predicted molar refractivity (Wildman–Crippen MR) is 70.3 cm³/mol. The number of hydrogen-bond acceptors (Lipinski definition) is 3. The SMILES string of the molecule is CCC(C)C(C)Nc1ccc(C(=O)OC)cc1. The lowest BCUT2D eigenvalue weighted by molar-refractivity contribution is 0.0601. The molecule has 1 N–H and O–H groups in total. The molecule has 0 heterocycles. The van der Waals surface area contributed by atoms with Gasteiger partial charge in [0, 0.05) is 11.7 Å². The fourth-order valence-electron chi connectivity index (χ4n) is 1.58. The summed E-state index contributed by atoms with van der Waals surface area (Å²) in [4.78, 5) is 11.3. The second kappa shape index (κ2) is 6.28. The smallest absolute Gasteiger partial charge is 0.337 e. The maximum absolute atomic E-state index is 11.3. The molecule has 1 aromatic rings. The minimum absolute atomic E-state index is 0.300. The van der Waals surface area contributed by atoms with Crippen LogP contribution in [0.5, 0.6) is 0 Å². The van der Waals surface area contributed by atoms with Crippen LogP contribution in [0, 0.1) is 5.92 Å². The van der Waals surface area contributed by atoms with Gasteiger partial charge in [-0.25, -0.2) is 4.79 Å². The van der Waals surface area contributed by atoms with Gasteiger partial charge < -0.3 is 10.1 Å². The quantitative estimate of drug-likeness (QED) is 0.796. The highest BCUT2D eigenvalue weighted by Gasteiger charge is 2.10. The molecule has 0 fully saturated rings. The molecule has 0 aromatic heterocycles. The Kier molecular flexibility index (Phi) is 5.01. The van der Waals surface area contributed by atoms with Gasteiger partial charge in [0.2, 0.25) is 0 Å². The van der Waals surface area contributed by atoms with Gasteiger partial charge in [-0.1, -0.05) is 20.3 Å². The summed E-state index contributed by atoms with van der Waals surface area (Å²) in [5.74, 6) is 0.321. The van der Waals surface area contributed by atoms with Crippen LogP contribution in [0.25, 0.3) is 0 Å². The molecule has 2 unspecified atom stereocenters. The first-order valence-corrected chi connectivity index (χ1v) is 6.03. The molecule has 1 rings (SSSR count). The van der Waals surface area contributed by atoms with Gasteiger partial charge in [0.25, 0.3) is 0 Å². The summed E-state index contributed by atoms with van der Waals surface area (Å²) in [5.41, 5.74) is 1.61. The summed E-state index contributed by atoms with van der Waals surface area (Å²) < 4.78 is 4.65. The van der Waals surface area contributed by atoms with E-state index in [-0.39, 0.29) is 5.97 Å². The van der Waals surface area contributed by atoms with E-state index in [2.05, 4.69) is 30.8 Å². The standard InChI is InChI=1S/C14H21NO2/c1-5-10(2)11(3)15-13-8-6-12(7-9-13)14(16)17-4/h6-11,15H,5H2,1-4H3. The van der Waals surface area contributed by atoms with Crippen molar-refractivity contribution >= 4 is 11.7 Å². The largest absolute Gasteiger partial charge is 0.465 e. The van der Waals surface area contributed by atoms with Gasteiger partial charge in [-0.15, -0.1) is 0 Å². The maximum atomic E-state index is 11.3. The fraction of sp³-hybridized carbons (Fsp3) is 0.500. The normalized spacial score (nSPS) is 13.9. The monoisotopic (exact) mass is 235 g/mol. The van der Waals surface area contributed by atoms with Gasteiger partial charge in [0.05, 0.1) is 12.7 Å². The summed E-state index contributed by atoms with van der Waals surface area (Å²) in [7, 11) is 1.39. The molecule has 1 aromatic carbocycles.